The molecule has 0 aromatic rings. The summed E-state index contributed by atoms with van der Waals surface area (Å²) in [6, 6.07) is 0. The van der Waals surface area contributed by atoms with E-state index in [2.05, 4.69) is 11.9 Å². The van der Waals surface area contributed by atoms with Crippen LogP contribution in [-0.4, -0.2) is 24.0 Å². The molecule has 1 unspecified atom stereocenters. The van der Waals surface area contributed by atoms with Gasteiger partial charge in [-0.15, -0.1) is 0 Å². The zero-order chi connectivity index (χ0) is 10.3. The van der Waals surface area contributed by atoms with Crippen LogP contribution in [0, 0.1) is 5.41 Å². The lowest BCUT2D eigenvalue weighted by molar-refractivity contribution is 0.0928. The van der Waals surface area contributed by atoms with Crippen molar-refractivity contribution in [2.75, 3.05) is 6.54 Å². The molecule has 0 aromatic carbocycles. The fourth-order valence-corrected chi connectivity index (χ4v) is 1.16. The fraction of sp³-hybridized carbons (Fsp3) is 0.909. The van der Waals surface area contributed by atoms with Gasteiger partial charge in [-0.2, -0.15) is 0 Å². The first-order valence-electron chi connectivity index (χ1n) is 5.23. The molecular formula is C11H23NO. The van der Waals surface area contributed by atoms with Gasteiger partial charge in [-0.3, -0.25) is 4.99 Å². The summed E-state index contributed by atoms with van der Waals surface area (Å²) >= 11 is 0. The van der Waals surface area contributed by atoms with E-state index in [9.17, 15) is 5.11 Å². The molecule has 1 atom stereocenters. The zero-order valence-electron chi connectivity index (χ0n) is 9.38. The molecule has 0 aliphatic heterocycles. The first-order valence-corrected chi connectivity index (χ1v) is 5.23. The Morgan fingerprint density at radius 1 is 1.38 bits per heavy atom. The monoisotopic (exact) mass is 185 g/mol. The van der Waals surface area contributed by atoms with Gasteiger partial charge in [-0.25, -0.2) is 0 Å². The van der Waals surface area contributed by atoms with Crippen LogP contribution >= 0.6 is 0 Å². The lowest BCUT2D eigenvalue weighted by atomic mass is 9.86. The predicted molar refractivity (Wildman–Crippen MR) is 58.3 cm³/mol. The average molecular weight is 185 g/mol. The molecule has 0 aliphatic carbocycles. The first-order chi connectivity index (χ1) is 6.04. The van der Waals surface area contributed by atoms with Gasteiger partial charge in [0, 0.05) is 18.2 Å². The van der Waals surface area contributed by atoms with Gasteiger partial charge in [0.2, 0.25) is 0 Å². The number of aliphatic hydroxyl groups is 1. The molecule has 0 aromatic heterocycles. The van der Waals surface area contributed by atoms with Gasteiger partial charge in [-0.05, 0) is 12.8 Å². The largest absolute Gasteiger partial charge is 0.392 e. The van der Waals surface area contributed by atoms with Crippen molar-refractivity contribution in [2.45, 2.75) is 53.1 Å². The number of aliphatic imine (C=N–C) groups is 1. The molecule has 0 rings (SSSR count). The van der Waals surface area contributed by atoms with Crippen LogP contribution in [0.1, 0.15) is 47.0 Å². The minimum atomic E-state index is -0.280. The third-order valence-corrected chi connectivity index (χ3v) is 2.31. The second kappa shape index (κ2) is 6.14. The lowest BCUT2D eigenvalue weighted by Gasteiger charge is -2.25. The van der Waals surface area contributed by atoms with Crippen molar-refractivity contribution in [3.63, 3.8) is 0 Å². The predicted octanol–water partition coefficient (Wildman–Crippen LogP) is 2.65. The Labute approximate surface area is 82.1 Å². The quantitative estimate of drug-likeness (QED) is 0.501. The number of unbranched alkanes of at least 4 members (excludes halogenated alkanes) is 1. The first kappa shape index (κ1) is 12.6. The van der Waals surface area contributed by atoms with E-state index >= 15 is 0 Å². The van der Waals surface area contributed by atoms with Crippen molar-refractivity contribution >= 4 is 6.21 Å². The van der Waals surface area contributed by atoms with E-state index < -0.39 is 0 Å². The summed E-state index contributed by atoms with van der Waals surface area (Å²) in [5, 5.41) is 9.65. The van der Waals surface area contributed by atoms with Crippen LogP contribution in [0.15, 0.2) is 4.99 Å². The molecule has 0 radical (unpaired) electrons. The van der Waals surface area contributed by atoms with Crippen LogP contribution in [0.25, 0.3) is 0 Å². The number of rotatable bonds is 6. The van der Waals surface area contributed by atoms with E-state index in [1.807, 2.05) is 27.0 Å². The Morgan fingerprint density at radius 2 is 2.00 bits per heavy atom. The maximum absolute atomic E-state index is 9.65. The third kappa shape index (κ3) is 5.04. The summed E-state index contributed by atoms with van der Waals surface area (Å²) in [6.07, 6.45) is 4.71. The second-order valence-electron chi connectivity index (χ2n) is 4.13. The lowest BCUT2D eigenvalue weighted by Crippen LogP contribution is -2.30. The van der Waals surface area contributed by atoms with Gasteiger partial charge in [0.15, 0.2) is 0 Å². The van der Waals surface area contributed by atoms with Crippen LogP contribution in [0.4, 0.5) is 0 Å². The van der Waals surface area contributed by atoms with E-state index in [0.29, 0.717) is 0 Å². The molecule has 0 heterocycles. The summed E-state index contributed by atoms with van der Waals surface area (Å²) in [7, 11) is 0. The van der Waals surface area contributed by atoms with Crippen LogP contribution in [0.2, 0.25) is 0 Å². The highest BCUT2D eigenvalue weighted by atomic mass is 16.3. The van der Waals surface area contributed by atoms with Crippen molar-refractivity contribution in [1.29, 1.82) is 0 Å². The van der Waals surface area contributed by atoms with E-state index in [-0.39, 0.29) is 11.5 Å². The highest BCUT2D eigenvalue weighted by Gasteiger charge is 2.23. The molecule has 1 N–H and O–H groups in total. The van der Waals surface area contributed by atoms with E-state index in [0.717, 1.165) is 19.4 Å². The van der Waals surface area contributed by atoms with Gasteiger partial charge in [0.05, 0.1) is 6.10 Å². The molecule has 0 bridgehead atoms. The molecule has 0 spiro atoms. The standard InChI is InChI=1S/C11H23NO/c1-5-7-8-12-9-11(3,4)10(13)6-2/h9-10,13H,5-8H2,1-4H3. The Morgan fingerprint density at radius 3 is 2.46 bits per heavy atom. The van der Waals surface area contributed by atoms with Crippen LogP contribution in [-0.2, 0) is 0 Å². The van der Waals surface area contributed by atoms with Crippen molar-refractivity contribution < 1.29 is 5.11 Å². The van der Waals surface area contributed by atoms with Crippen LogP contribution < -0.4 is 0 Å². The molecule has 2 heteroatoms. The van der Waals surface area contributed by atoms with Gasteiger partial charge >= 0.3 is 0 Å². The summed E-state index contributed by atoms with van der Waals surface area (Å²) in [6.45, 7) is 9.08. The van der Waals surface area contributed by atoms with E-state index in [4.69, 9.17) is 0 Å². The minimum absolute atomic E-state index is 0.178. The topological polar surface area (TPSA) is 32.6 Å². The Bertz CT molecular complexity index is 152. The molecule has 0 amide bonds. The maximum atomic E-state index is 9.65. The van der Waals surface area contributed by atoms with E-state index in [1.54, 1.807) is 0 Å². The third-order valence-electron chi connectivity index (χ3n) is 2.31. The summed E-state index contributed by atoms with van der Waals surface area (Å²) < 4.78 is 0. The van der Waals surface area contributed by atoms with Gasteiger partial charge < -0.3 is 5.11 Å². The van der Waals surface area contributed by atoms with Crippen LogP contribution in [0.3, 0.4) is 0 Å². The summed E-state index contributed by atoms with van der Waals surface area (Å²) in [5.41, 5.74) is -0.178. The minimum Gasteiger partial charge on any atom is -0.392 e. The fourth-order valence-electron chi connectivity index (χ4n) is 1.16. The van der Waals surface area contributed by atoms with E-state index in [1.165, 1.54) is 6.42 Å². The van der Waals surface area contributed by atoms with Crippen molar-refractivity contribution in [3.8, 4) is 0 Å². The van der Waals surface area contributed by atoms with Crippen molar-refractivity contribution in [3.05, 3.63) is 0 Å². The zero-order valence-corrected chi connectivity index (χ0v) is 9.38. The second-order valence-corrected chi connectivity index (χ2v) is 4.13. The average Bonchev–Trinajstić information content (AvgIpc) is 2.11. The normalized spacial score (nSPS) is 15.2. The molecule has 0 saturated carbocycles. The molecule has 0 aliphatic rings. The number of hydrogen-bond donors (Lipinski definition) is 1. The van der Waals surface area contributed by atoms with Gasteiger partial charge in [0.25, 0.3) is 0 Å². The maximum Gasteiger partial charge on any atom is 0.0637 e. The van der Waals surface area contributed by atoms with Crippen molar-refractivity contribution in [1.82, 2.24) is 0 Å². The molecular weight excluding hydrogens is 162 g/mol. The summed E-state index contributed by atoms with van der Waals surface area (Å²) in [4.78, 5) is 4.32. The Balaban J connectivity index is 3.92. The molecule has 78 valence electrons. The highest BCUT2D eigenvalue weighted by molar-refractivity contribution is 5.65. The highest BCUT2D eigenvalue weighted by Crippen LogP contribution is 2.20. The number of hydrogen-bond acceptors (Lipinski definition) is 2. The van der Waals surface area contributed by atoms with Crippen LogP contribution in [0.5, 0.6) is 0 Å². The number of aliphatic hydroxyl groups excluding tert-OH is 1. The molecule has 13 heavy (non-hydrogen) atoms. The summed E-state index contributed by atoms with van der Waals surface area (Å²) in [5.74, 6) is 0. The van der Waals surface area contributed by atoms with Gasteiger partial charge in [-0.1, -0.05) is 34.1 Å². The van der Waals surface area contributed by atoms with Gasteiger partial charge in [0.1, 0.15) is 0 Å². The SMILES string of the molecule is CCCCN=CC(C)(C)C(O)CC. The molecule has 0 fully saturated rings. The molecule has 0 saturated heterocycles. The Hall–Kier alpha value is -0.370. The van der Waals surface area contributed by atoms with Crippen molar-refractivity contribution in [2.24, 2.45) is 10.4 Å². The number of nitrogens with zero attached hydrogens (tertiary/aromatic N) is 1. The Kier molecular flexibility index (Phi) is 5.97. The molecule has 2 nitrogen and oxygen atoms in total. The smallest absolute Gasteiger partial charge is 0.0637 e.